The highest BCUT2D eigenvalue weighted by molar-refractivity contribution is 9.10. The summed E-state index contributed by atoms with van der Waals surface area (Å²) in [5.41, 5.74) is 4.80. The minimum atomic E-state index is -0.255. The molecule has 2 atom stereocenters. The fraction of sp³-hybridized carbons (Fsp3) is 0.438. The average molecular weight is 410 g/mol. The number of hydrogen-bond donors (Lipinski definition) is 3. The molecule has 2 saturated heterocycles. The van der Waals surface area contributed by atoms with Crippen molar-refractivity contribution in [2.24, 2.45) is 0 Å². The average Bonchev–Trinajstić information content (AvgIpc) is 3.07. The van der Waals surface area contributed by atoms with E-state index in [2.05, 4.69) is 36.9 Å². The van der Waals surface area contributed by atoms with Crippen molar-refractivity contribution in [3.8, 4) is 5.75 Å². The molecule has 3 aliphatic heterocycles. The van der Waals surface area contributed by atoms with Gasteiger partial charge in [-0.1, -0.05) is 15.9 Å². The summed E-state index contributed by atoms with van der Waals surface area (Å²) in [4.78, 5) is 14.7. The van der Waals surface area contributed by atoms with Gasteiger partial charge in [0.2, 0.25) is 0 Å². The number of nitrogens with one attached hydrogen (secondary N) is 3. The van der Waals surface area contributed by atoms with Crippen LogP contribution in [0, 0.1) is 0 Å². The Morgan fingerprint density at radius 1 is 1.32 bits per heavy atom. The summed E-state index contributed by atoms with van der Waals surface area (Å²) in [5.74, 6) is 0.633. The summed E-state index contributed by atoms with van der Waals surface area (Å²) >= 11 is 3.44. The predicted octanol–water partition coefficient (Wildman–Crippen LogP) is 0.328. The van der Waals surface area contributed by atoms with Gasteiger partial charge in [-0.05, 0) is 18.2 Å². The summed E-state index contributed by atoms with van der Waals surface area (Å²) in [6.45, 7) is 2.93. The molecule has 4 rings (SSSR count). The van der Waals surface area contributed by atoms with Crippen LogP contribution in [0.15, 0.2) is 34.4 Å². The molecule has 1 aromatic carbocycles. The van der Waals surface area contributed by atoms with E-state index in [-0.39, 0.29) is 18.4 Å². The summed E-state index contributed by atoms with van der Waals surface area (Å²) < 4.78 is 11.8. The maximum Gasteiger partial charge on any atom is 0.254 e. The van der Waals surface area contributed by atoms with Crippen molar-refractivity contribution >= 4 is 27.5 Å². The van der Waals surface area contributed by atoms with Gasteiger partial charge in [-0.25, -0.2) is 5.43 Å². The van der Waals surface area contributed by atoms with Crippen LogP contribution in [0.1, 0.15) is 0 Å². The van der Waals surface area contributed by atoms with E-state index in [1.54, 1.807) is 13.3 Å². The van der Waals surface area contributed by atoms with Crippen LogP contribution in [0.5, 0.6) is 5.75 Å². The largest absolute Gasteiger partial charge is 0.494 e. The molecule has 0 radical (unpaired) electrons. The Bertz CT molecular complexity index is 707. The van der Waals surface area contributed by atoms with Crippen LogP contribution in [-0.2, 0) is 9.53 Å². The number of ether oxygens (including phenoxy) is 2. The van der Waals surface area contributed by atoms with Crippen molar-refractivity contribution in [3.05, 3.63) is 34.4 Å². The van der Waals surface area contributed by atoms with Gasteiger partial charge in [-0.2, -0.15) is 0 Å². The summed E-state index contributed by atoms with van der Waals surface area (Å²) in [6, 6.07) is 5.76. The Hall–Kier alpha value is -1.65. The number of rotatable bonds is 3. The first-order chi connectivity index (χ1) is 12.2. The first-order valence-electron chi connectivity index (χ1n) is 8.15. The molecule has 0 aliphatic carbocycles. The monoisotopic (exact) mass is 409 g/mol. The topological polar surface area (TPSA) is 78.1 Å². The smallest absolute Gasteiger partial charge is 0.254 e. The van der Waals surface area contributed by atoms with Gasteiger partial charge in [0.15, 0.2) is 0 Å². The minimum absolute atomic E-state index is 0.0775. The number of methoxy groups -OCH3 is 1. The van der Waals surface area contributed by atoms with Crippen molar-refractivity contribution in [3.63, 3.8) is 0 Å². The second-order valence-electron chi connectivity index (χ2n) is 6.02. The number of hydrogen-bond acceptors (Lipinski definition) is 7. The summed E-state index contributed by atoms with van der Waals surface area (Å²) in [6.07, 6.45) is 1.33. The number of benzene rings is 1. The summed E-state index contributed by atoms with van der Waals surface area (Å²) in [7, 11) is 1.63. The van der Waals surface area contributed by atoms with Crippen LogP contribution in [0.3, 0.4) is 0 Å². The highest BCUT2D eigenvalue weighted by atomic mass is 79.9. The molecule has 25 heavy (non-hydrogen) atoms. The van der Waals surface area contributed by atoms with Gasteiger partial charge in [-0.15, -0.1) is 0 Å². The van der Waals surface area contributed by atoms with Crippen LogP contribution in [-0.4, -0.2) is 56.7 Å². The number of hydrazine groups is 1. The maximum atomic E-state index is 12.5. The van der Waals surface area contributed by atoms with Gasteiger partial charge < -0.3 is 14.8 Å². The van der Waals surface area contributed by atoms with Crippen molar-refractivity contribution < 1.29 is 14.3 Å². The third-order valence-electron chi connectivity index (χ3n) is 4.51. The molecule has 134 valence electrons. The molecule has 1 amide bonds. The first-order valence-corrected chi connectivity index (χ1v) is 8.94. The molecule has 9 heteroatoms. The molecule has 1 aromatic rings. The van der Waals surface area contributed by atoms with E-state index in [1.807, 2.05) is 23.2 Å². The molecule has 0 bridgehead atoms. The number of nitrogens with zero attached hydrogens (tertiary/aromatic N) is 2. The minimum Gasteiger partial charge on any atom is -0.494 e. The molecule has 2 unspecified atom stereocenters. The number of carbonyl (C=O) groups excluding carboxylic acids is 1. The van der Waals surface area contributed by atoms with E-state index < -0.39 is 0 Å². The van der Waals surface area contributed by atoms with Crippen LogP contribution in [0.2, 0.25) is 0 Å². The van der Waals surface area contributed by atoms with Gasteiger partial charge in [0.1, 0.15) is 18.2 Å². The molecule has 3 heterocycles. The number of amides is 1. The Balaban J connectivity index is 1.53. The number of morpholine rings is 1. The zero-order valence-electron chi connectivity index (χ0n) is 13.8. The Morgan fingerprint density at radius 3 is 2.88 bits per heavy atom. The van der Waals surface area contributed by atoms with Gasteiger partial charge in [0, 0.05) is 23.8 Å². The highest BCUT2D eigenvalue weighted by Gasteiger charge is 2.39. The maximum absolute atomic E-state index is 12.5. The van der Waals surface area contributed by atoms with Crippen LogP contribution in [0.25, 0.3) is 0 Å². The quantitative estimate of drug-likeness (QED) is 0.663. The van der Waals surface area contributed by atoms with Crippen LogP contribution < -0.4 is 25.8 Å². The van der Waals surface area contributed by atoms with E-state index in [1.165, 1.54) is 0 Å². The van der Waals surface area contributed by atoms with Gasteiger partial charge in [0.25, 0.3) is 5.91 Å². The van der Waals surface area contributed by atoms with Gasteiger partial charge in [0.05, 0.1) is 31.6 Å². The fourth-order valence-corrected chi connectivity index (χ4v) is 3.55. The molecular weight excluding hydrogens is 390 g/mol. The van der Waals surface area contributed by atoms with Gasteiger partial charge in [-0.3, -0.25) is 20.0 Å². The van der Waals surface area contributed by atoms with E-state index in [0.717, 1.165) is 23.2 Å². The summed E-state index contributed by atoms with van der Waals surface area (Å²) in [5, 5.41) is 8.26. The first kappa shape index (κ1) is 16.8. The number of carbonyl (C=O) groups is 1. The SMILES string of the molecule is COc1cc(Br)ccc1N1C=C2C(=O)NC(N3CCOCC3)NC2N1. The highest BCUT2D eigenvalue weighted by Crippen LogP contribution is 2.33. The van der Waals surface area contributed by atoms with E-state index in [0.29, 0.717) is 24.5 Å². The second kappa shape index (κ2) is 6.93. The van der Waals surface area contributed by atoms with Crippen LogP contribution >= 0.6 is 15.9 Å². The van der Waals surface area contributed by atoms with E-state index in [9.17, 15) is 4.79 Å². The van der Waals surface area contributed by atoms with Crippen LogP contribution in [0.4, 0.5) is 5.69 Å². The molecule has 0 spiro atoms. The molecule has 8 nitrogen and oxygen atoms in total. The lowest BCUT2D eigenvalue weighted by Crippen LogP contribution is -2.68. The van der Waals surface area contributed by atoms with Gasteiger partial charge >= 0.3 is 0 Å². The lowest BCUT2D eigenvalue weighted by molar-refractivity contribution is -0.123. The lowest BCUT2D eigenvalue weighted by atomic mass is 10.2. The zero-order valence-corrected chi connectivity index (χ0v) is 15.4. The predicted molar refractivity (Wildman–Crippen MR) is 95.6 cm³/mol. The third-order valence-corrected chi connectivity index (χ3v) is 5.01. The molecule has 2 fully saturated rings. The molecule has 3 N–H and O–H groups in total. The zero-order chi connectivity index (χ0) is 17.4. The second-order valence-corrected chi connectivity index (χ2v) is 6.94. The molecular formula is C16H20BrN5O3. The van der Waals surface area contributed by atoms with Crippen molar-refractivity contribution in [2.75, 3.05) is 38.4 Å². The Morgan fingerprint density at radius 2 is 2.12 bits per heavy atom. The fourth-order valence-electron chi connectivity index (χ4n) is 3.21. The molecule has 0 saturated carbocycles. The van der Waals surface area contributed by atoms with Crippen molar-refractivity contribution in [2.45, 2.75) is 12.5 Å². The Labute approximate surface area is 154 Å². The van der Waals surface area contributed by atoms with Crippen molar-refractivity contribution in [1.82, 2.24) is 21.0 Å². The lowest BCUT2D eigenvalue weighted by Gasteiger charge is -2.40. The number of anilines is 1. The molecule has 0 aromatic heterocycles. The van der Waals surface area contributed by atoms with E-state index >= 15 is 0 Å². The van der Waals surface area contributed by atoms with E-state index in [4.69, 9.17) is 9.47 Å². The Kier molecular flexibility index (Phi) is 4.65. The number of halogens is 1. The standard InChI is InChI=1S/C16H20BrN5O3/c1-24-13-8-10(17)2-3-12(13)22-9-11-14(20-22)18-16(19-15(11)23)21-4-6-25-7-5-21/h2-3,8-9,14,16,18,20H,4-7H2,1H3,(H,19,23). The van der Waals surface area contributed by atoms with Crippen molar-refractivity contribution in [1.29, 1.82) is 0 Å². The third kappa shape index (κ3) is 3.25. The number of fused-ring (bicyclic) bond motifs is 1. The molecule has 3 aliphatic rings. The normalized spacial score (nSPS) is 26.9.